The number of rotatable bonds is 3. The molecular weight excluding hydrogens is 226 g/mol. The minimum absolute atomic E-state index is 0.420. The van der Waals surface area contributed by atoms with Gasteiger partial charge in [0.15, 0.2) is 0 Å². The van der Waals surface area contributed by atoms with Crippen molar-refractivity contribution < 1.29 is 4.74 Å². The first-order valence-electron chi connectivity index (χ1n) is 7.41. The molecule has 106 valence electrons. The van der Waals surface area contributed by atoms with Gasteiger partial charge in [-0.15, -0.1) is 0 Å². The molecule has 3 atom stereocenters. The molecule has 4 heteroatoms. The van der Waals surface area contributed by atoms with Crippen LogP contribution < -0.4 is 5.73 Å². The Morgan fingerprint density at radius 1 is 1.17 bits per heavy atom. The predicted octanol–water partition coefficient (Wildman–Crippen LogP) is 0.909. The lowest BCUT2D eigenvalue weighted by molar-refractivity contribution is -0.00664. The minimum atomic E-state index is 0.420. The lowest BCUT2D eigenvalue weighted by Gasteiger charge is -2.43. The highest BCUT2D eigenvalue weighted by Crippen LogP contribution is 2.26. The summed E-state index contributed by atoms with van der Waals surface area (Å²) in [4.78, 5) is 5.13. The molecule has 0 aromatic carbocycles. The standard InChI is InChI=1S/C14H29N3O/c1-16-7-3-4-12(5-8-16)17-9-6-14(18-2)10-13(17)11-15/h12-14H,3-11,15H2,1-2H3. The van der Waals surface area contributed by atoms with E-state index in [1.165, 1.54) is 38.8 Å². The molecule has 3 unspecified atom stereocenters. The minimum Gasteiger partial charge on any atom is -0.381 e. The molecule has 0 aliphatic carbocycles. The molecule has 0 aromatic rings. The normalized spacial score (nSPS) is 36.5. The second-order valence-corrected chi connectivity index (χ2v) is 5.90. The van der Waals surface area contributed by atoms with Crippen LogP contribution in [0.15, 0.2) is 0 Å². The zero-order valence-electron chi connectivity index (χ0n) is 12.0. The highest BCUT2D eigenvalue weighted by Gasteiger charge is 2.32. The molecule has 2 rings (SSSR count). The number of hydrogen-bond acceptors (Lipinski definition) is 4. The van der Waals surface area contributed by atoms with Crippen LogP contribution in [0.4, 0.5) is 0 Å². The van der Waals surface area contributed by atoms with Crippen molar-refractivity contribution in [3.05, 3.63) is 0 Å². The van der Waals surface area contributed by atoms with Crippen molar-refractivity contribution in [2.24, 2.45) is 5.73 Å². The molecule has 0 radical (unpaired) electrons. The van der Waals surface area contributed by atoms with Gasteiger partial charge < -0.3 is 15.4 Å². The third-order valence-electron chi connectivity index (χ3n) is 4.71. The Morgan fingerprint density at radius 3 is 2.72 bits per heavy atom. The Hall–Kier alpha value is -0.160. The second-order valence-electron chi connectivity index (χ2n) is 5.90. The second kappa shape index (κ2) is 6.85. The van der Waals surface area contributed by atoms with E-state index in [1.54, 1.807) is 0 Å². The fraction of sp³-hybridized carbons (Fsp3) is 1.00. The number of piperidine rings is 1. The average Bonchev–Trinajstić information content (AvgIpc) is 2.62. The number of nitrogens with zero attached hydrogens (tertiary/aromatic N) is 2. The largest absolute Gasteiger partial charge is 0.381 e. The quantitative estimate of drug-likeness (QED) is 0.814. The van der Waals surface area contributed by atoms with Gasteiger partial charge in [-0.1, -0.05) is 0 Å². The van der Waals surface area contributed by atoms with Crippen molar-refractivity contribution in [2.45, 2.75) is 50.3 Å². The summed E-state index contributed by atoms with van der Waals surface area (Å²) in [6, 6.07) is 1.26. The van der Waals surface area contributed by atoms with Crippen molar-refractivity contribution in [1.29, 1.82) is 0 Å². The first-order chi connectivity index (χ1) is 8.74. The Balaban J connectivity index is 1.93. The molecule has 0 amide bonds. The van der Waals surface area contributed by atoms with E-state index < -0.39 is 0 Å². The van der Waals surface area contributed by atoms with Gasteiger partial charge in [0.2, 0.25) is 0 Å². The molecule has 18 heavy (non-hydrogen) atoms. The molecular formula is C14H29N3O. The van der Waals surface area contributed by atoms with Crippen molar-refractivity contribution >= 4 is 0 Å². The maximum atomic E-state index is 5.98. The average molecular weight is 255 g/mol. The van der Waals surface area contributed by atoms with E-state index in [1.807, 2.05) is 7.11 Å². The van der Waals surface area contributed by atoms with Crippen molar-refractivity contribution in [3.63, 3.8) is 0 Å². The Morgan fingerprint density at radius 2 is 2.00 bits per heavy atom. The molecule has 0 aromatic heterocycles. The molecule has 2 fully saturated rings. The maximum Gasteiger partial charge on any atom is 0.0599 e. The zero-order chi connectivity index (χ0) is 13.0. The fourth-order valence-electron chi connectivity index (χ4n) is 3.51. The molecule has 2 heterocycles. The van der Waals surface area contributed by atoms with Gasteiger partial charge >= 0.3 is 0 Å². The van der Waals surface area contributed by atoms with Gasteiger partial charge in [0.25, 0.3) is 0 Å². The lowest BCUT2D eigenvalue weighted by atomic mass is 9.95. The zero-order valence-corrected chi connectivity index (χ0v) is 12.0. The molecule has 0 saturated carbocycles. The summed E-state index contributed by atoms with van der Waals surface area (Å²) < 4.78 is 5.51. The first-order valence-corrected chi connectivity index (χ1v) is 7.41. The van der Waals surface area contributed by atoms with Gasteiger partial charge in [-0.2, -0.15) is 0 Å². The van der Waals surface area contributed by atoms with Gasteiger partial charge in [0, 0.05) is 32.3 Å². The molecule has 2 aliphatic rings. The van der Waals surface area contributed by atoms with Crippen molar-refractivity contribution in [3.8, 4) is 0 Å². The molecule has 0 spiro atoms. The van der Waals surface area contributed by atoms with E-state index in [-0.39, 0.29) is 0 Å². The van der Waals surface area contributed by atoms with Gasteiger partial charge in [-0.3, -0.25) is 4.90 Å². The van der Waals surface area contributed by atoms with Crippen LogP contribution in [0, 0.1) is 0 Å². The summed E-state index contributed by atoms with van der Waals surface area (Å²) in [6.45, 7) is 4.41. The Labute approximate surface area is 111 Å². The Bertz CT molecular complexity index is 249. The maximum absolute atomic E-state index is 5.98. The molecule has 2 saturated heterocycles. The number of ether oxygens (including phenoxy) is 1. The van der Waals surface area contributed by atoms with E-state index in [9.17, 15) is 0 Å². The van der Waals surface area contributed by atoms with Crippen LogP contribution in [0.1, 0.15) is 32.1 Å². The number of likely N-dealkylation sites (tertiary alicyclic amines) is 2. The van der Waals surface area contributed by atoms with Crippen LogP contribution in [0.3, 0.4) is 0 Å². The summed E-state index contributed by atoms with van der Waals surface area (Å²) in [5, 5.41) is 0. The predicted molar refractivity (Wildman–Crippen MR) is 74.7 cm³/mol. The van der Waals surface area contributed by atoms with E-state index in [0.29, 0.717) is 12.1 Å². The molecule has 2 N–H and O–H groups in total. The summed E-state index contributed by atoms with van der Waals surface area (Å²) in [5.41, 5.74) is 5.98. The lowest BCUT2D eigenvalue weighted by Crippen LogP contribution is -2.53. The van der Waals surface area contributed by atoms with Crippen LogP contribution in [-0.2, 0) is 4.74 Å². The SMILES string of the molecule is COC1CCN(C2CCCN(C)CC2)C(CN)C1. The first kappa shape index (κ1) is 14.3. The number of methoxy groups -OCH3 is 1. The smallest absolute Gasteiger partial charge is 0.0599 e. The number of hydrogen-bond donors (Lipinski definition) is 1. The summed E-state index contributed by atoms with van der Waals surface area (Å²) in [6.07, 6.45) is 6.65. The van der Waals surface area contributed by atoms with E-state index in [4.69, 9.17) is 10.5 Å². The summed E-state index contributed by atoms with van der Waals surface area (Å²) in [7, 11) is 4.06. The van der Waals surface area contributed by atoms with Crippen LogP contribution >= 0.6 is 0 Å². The Kier molecular flexibility index (Phi) is 5.42. The molecule has 4 nitrogen and oxygen atoms in total. The van der Waals surface area contributed by atoms with Crippen LogP contribution in [0.25, 0.3) is 0 Å². The topological polar surface area (TPSA) is 41.7 Å². The highest BCUT2D eigenvalue weighted by atomic mass is 16.5. The van der Waals surface area contributed by atoms with Gasteiger partial charge in [0.1, 0.15) is 0 Å². The monoisotopic (exact) mass is 255 g/mol. The van der Waals surface area contributed by atoms with E-state index >= 15 is 0 Å². The highest BCUT2D eigenvalue weighted by molar-refractivity contribution is 4.88. The molecule has 2 aliphatic heterocycles. The van der Waals surface area contributed by atoms with Crippen LogP contribution in [0.5, 0.6) is 0 Å². The summed E-state index contributed by atoms with van der Waals surface area (Å²) >= 11 is 0. The van der Waals surface area contributed by atoms with Gasteiger partial charge in [0.05, 0.1) is 6.10 Å². The summed E-state index contributed by atoms with van der Waals surface area (Å²) in [5.74, 6) is 0. The van der Waals surface area contributed by atoms with Crippen LogP contribution in [-0.4, -0.2) is 68.3 Å². The van der Waals surface area contributed by atoms with Crippen LogP contribution in [0.2, 0.25) is 0 Å². The van der Waals surface area contributed by atoms with Gasteiger partial charge in [-0.05, 0) is 52.2 Å². The fourth-order valence-corrected chi connectivity index (χ4v) is 3.51. The molecule has 0 bridgehead atoms. The van der Waals surface area contributed by atoms with Gasteiger partial charge in [-0.25, -0.2) is 0 Å². The van der Waals surface area contributed by atoms with E-state index in [2.05, 4.69) is 16.8 Å². The third kappa shape index (κ3) is 3.44. The van der Waals surface area contributed by atoms with E-state index in [0.717, 1.165) is 25.6 Å². The third-order valence-corrected chi connectivity index (χ3v) is 4.71. The van der Waals surface area contributed by atoms with Crippen molar-refractivity contribution in [2.75, 3.05) is 40.3 Å². The number of nitrogens with two attached hydrogens (primary N) is 1. The van der Waals surface area contributed by atoms with Crippen molar-refractivity contribution in [1.82, 2.24) is 9.80 Å².